The minimum Gasteiger partial charge on any atom is -0.507 e. The number of aromatic hydroxyl groups is 1. The molecule has 2 rings (SSSR count). The average Bonchev–Trinajstić information content (AvgIpc) is 2.57. The lowest BCUT2D eigenvalue weighted by atomic mass is 9.74. The summed E-state index contributed by atoms with van der Waals surface area (Å²) >= 11 is 0. The molecule has 1 unspecified atom stereocenters. The zero-order valence-electron chi connectivity index (χ0n) is 22.9. The maximum Gasteiger partial charge on any atom is 0.123 e. The van der Waals surface area contributed by atoms with Gasteiger partial charge in [-0.25, -0.2) is 0 Å². The first-order valence-electron chi connectivity index (χ1n) is 12.0. The fourth-order valence-corrected chi connectivity index (χ4v) is 4.25. The maximum atomic E-state index is 11.5. The Morgan fingerprint density at radius 1 is 0.594 bits per heavy atom. The van der Waals surface area contributed by atoms with Crippen LogP contribution in [0.5, 0.6) is 5.75 Å². The molecule has 0 aliphatic rings. The summed E-state index contributed by atoms with van der Waals surface area (Å²) in [5.41, 5.74) is 14.2. The van der Waals surface area contributed by atoms with Crippen LogP contribution >= 0.6 is 0 Å². The lowest BCUT2D eigenvalue weighted by Crippen LogP contribution is -2.21. The molecule has 0 fully saturated rings. The third-order valence-electron chi connectivity index (χ3n) is 6.63. The monoisotopic (exact) mass is 437 g/mol. The Kier molecular flexibility index (Phi) is 6.67. The predicted octanol–water partition coefficient (Wildman–Crippen LogP) is 8.32. The summed E-state index contributed by atoms with van der Waals surface area (Å²) in [4.78, 5) is 0. The molecule has 0 radical (unpaired) electrons. The predicted molar refractivity (Wildman–Crippen MR) is 141 cm³/mol. The Labute approximate surface area is 197 Å². The highest BCUT2D eigenvalue weighted by Gasteiger charge is 2.30. The summed E-state index contributed by atoms with van der Waals surface area (Å²) in [7, 11) is 0. The molecule has 32 heavy (non-hydrogen) atoms. The van der Waals surface area contributed by atoms with Crippen molar-refractivity contribution in [1.82, 2.24) is 0 Å². The normalized spacial score (nSPS) is 14.5. The van der Waals surface area contributed by atoms with Crippen molar-refractivity contribution in [3.8, 4) is 5.75 Å². The molecule has 0 aliphatic heterocycles. The van der Waals surface area contributed by atoms with Crippen LogP contribution in [0.15, 0.2) is 24.3 Å². The van der Waals surface area contributed by atoms with Crippen LogP contribution in [-0.2, 0) is 21.7 Å². The Hall–Kier alpha value is -1.96. The van der Waals surface area contributed by atoms with Crippen molar-refractivity contribution in [2.75, 3.05) is 5.73 Å². The molecular weight excluding hydrogens is 390 g/mol. The zero-order chi connectivity index (χ0) is 25.0. The van der Waals surface area contributed by atoms with Crippen molar-refractivity contribution in [2.45, 2.75) is 118 Å². The summed E-state index contributed by atoms with van der Waals surface area (Å²) in [6.45, 7) is 28.7. The highest BCUT2D eigenvalue weighted by molar-refractivity contribution is 5.63. The number of phenols is 1. The number of anilines is 1. The average molecular weight is 438 g/mol. The first kappa shape index (κ1) is 26.3. The summed E-state index contributed by atoms with van der Waals surface area (Å²) in [6, 6.07) is 8.91. The molecule has 2 aromatic carbocycles. The molecule has 3 N–H and O–H groups in total. The van der Waals surface area contributed by atoms with Crippen molar-refractivity contribution in [1.29, 1.82) is 0 Å². The van der Waals surface area contributed by atoms with Gasteiger partial charge in [0, 0.05) is 17.2 Å². The van der Waals surface area contributed by atoms with E-state index in [-0.39, 0.29) is 27.6 Å². The fourth-order valence-electron chi connectivity index (χ4n) is 4.25. The van der Waals surface area contributed by atoms with E-state index in [4.69, 9.17) is 5.73 Å². The molecule has 2 aromatic rings. The van der Waals surface area contributed by atoms with Crippen molar-refractivity contribution in [3.05, 3.63) is 57.6 Å². The maximum absolute atomic E-state index is 11.5. The molecule has 0 spiro atoms. The third kappa shape index (κ3) is 5.33. The highest BCUT2D eigenvalue weighted by atomic mass is 16.3. The second kappa shape index (κ2) is 8.12. The SMILES string of the molecule is CC(c1cc(C(C)(C)C)cc(C(C)(C)C)c1N)c1cc(C(C)(C)C)cc(C(C)(C)C)c1O. The summed E-state index contributed by atoms with van der Waals surface area (Å²) < 4.78 is 0. The molecule has 0 heterocycles. The molecule has 1 atom stereocenters. The number of nitrogen functional groups attached to an aromatic ring is 1. The summed E-state index contributed by atoms with van der Waals surface area (Å²) in [5, 5.41) is 11.5. The van der Waals surface area contributed by atoms with Crippen LogP contribution in [0.25, 0.3) is 0 Å². The number of phenolic OH excluding ortho intramolecular Hbond substituents is 1. The quantitative estimate of drug-likeness (QED) is 0.464. The van der Waals surface area contributed by atoms with Crippen LogP contribution in [0.1, 0.15) is 129 Å². The van der Waals surface area contributed by atoms with Crippen molar-refractivity contribution in [2.24, 2.45) is 0 Å². The smallest absolute Gasteiger partial charge is 0.123 e. The molecule has 0 amide bonds. The first-order chi connectivity index (χ1) is 14.2. The van der Waals surface area contributed by atoms with Crippen LogP contribution in [0.3, 0.4) is 0 Å². The van der Waals surface area contributed by atoms with E-state index in [0.29, 0.717) is 5.75 Å². The number of rotatable bonds is 2. The Morgan fingerprint density at radius 2 is 0.969 bits per heavy atom. The van der Waals surface area contributed by atoms with E-state index in [9.17, 15) is 5.11 Å². The van der Waals surface area contributed by atoms with E-state index < -0.39 is 0 Å². The standard InChI is InChI=1S/C30H47NO/c1-18(21-14-19(27(2,3)4)16-23(25(21)31)29(8,9)10)22-15-20(28(5,6)7)17-24(26(22)32)30(11,12)13/h14-18,32H,31H2,1-13H3. The molecule has 0 bridgehead atoms. The van der Waals surface area contributed by atoms with E-state index in [1.807, 2.05) is 0 Å². The van der Waals surface area contributed by atoms with E-state index >= 15 is 0 Å². The van der Waals surface area contributed by atoms with Gasteiger partial charge in [0.2, 0.25) is 0 Å². The minimum atomic E-state index is -0.158. The molecule has 2 heteroatoms. The third-order valence-corrected chi connectivity index (χ3v) is 6.63. The molecule has 178 valence electrons. The Morgan fingerprint density at radius 3 is 1.34 bits per heavy atom. The van der Waals surface area contributed by atoms with Crippen LogP contribution in [0, 0.1) is 0 Å². The van der Waals surface area contributed by atoms with Crippen molar-refractivity contribution >= 4 is 5.69 Å². The van der Waals surface area contributed by atoms with Gasteiger partial charge in [-0.15, -0.1) is 0 Å². The van der Waals surface area contributed by atoms with Crippen LogP contribution in [0.2, 0.25) is 0 Å². The molecule has 0 saturated carbocycles. The van der Waals surface area contributed by atoms with E-state index in [1.165, 1.54) is 16.7 Å². The summed E-state index contributed by atoms with van der Waals surface area (Å²) in [6.07, 6.45) is 0. The first-order valence-corrected chi connectivity index (χ1v) is 12.0. The number of hydrogen-bond donors (Lipinski definition) is 2. The van der Waals surface area contributed by atoms with Gasteiger partial charge in [0.15, 0.2) is 0 Å². The minimum absolute atomic E-state index is 0.00798. The lowest BCUT2D eigenvalue weighted by Gasteiger charge is -2.32. The van der Waals surface area contributed by atoms with Crippen LogP contribution in [-0.4, -0.2) is 5.11 Å². The highest BCUT2D eigenvalue weighted by Crippen LogP contribution is 2.45. The van der Waals surface area contributed by atoms with Gasteiger partial charge >= 0.3 is 0 Å². The van der Waals surface area contributed by atoms with Crippen LogP contribution < -0.4 is 5.73 Å². The molecule has 2 nitrogen and oxygen atoms in total. The van der Waals surface area contributed by atoms with Gasteiger partial charge in [-0.3, -0.25) is 0 Å². The Balaban J connectivity index is 2.89. The van der Waals surface area contributed by atoms with Crippen molar-refractivity contribution in [3.63, 3.8) is 0 Å². The number of benzene rings is 2. The van der Waals surface area contributed by atoms with Crippen molar-refractivity contribution < 1.29 is 5.11 Å². The zero-order valence-corrected chi connectivity index (χ0v) is 22.9. The van der Waals surface area contributed by atoms with E-state index in [0.717, 1.165) is 22.4 Å². The second-order valence-corrected chi connectivity index (χ2v) is 13.7. The van der Waals surface area contributed by atoms with Gasteiger partial charge in [-0.05, 0) is 49.5 Å². The lowest BCUT2D eigenvalue weighted by molar-refractivity contribution is 0.436. The molecular formula is C30H47NO. The molecule has 0 saturated heterocycles. The molecule has 0 aliphatic carbocycles. The van der Waals surface area contributed by atoms with E-state index in [2.05, 4.69) is 114 Å². The molecule has 0 aromatic heterocycles. The van der Waals surface area contributed by atoms with Gasteiger partial charge in [0.1, 0.15) is 5.75 Å². The van der Waals surface area contributed by atoms with Crippen LogP contribution in [0.4, 0.5) is 5.69 Å². The number of nitrogens with two attached hydrogens (primary N) is 1. The Bertz CT molecular complexity index is 904. The van der Waals surface area contributed by atoms with Gasteiger partial charge in [-0.2, -0.15) is 0 Å². The van der Waals surface area contributed by atoms with E-state index in [1.54, 1.807) is 0 Å². The number of hydrogen-bond acceptors (Lipinski definition) is 2. The van der Waals surface area contributed by atoms with Gasteiger partial charge in [-0.1, -0.05) is 114 Å². The van der Waals surface area contributed by atoms with Gasteiger partial charge in [0.05, 0.1) is 0 Å². The van der Waals surface area contributed by atoms with Gasteiger partial charge < -0.3 is 10.8 Å². The summed E-state index contributed by atoms with van der Waals surface area (Å²) in [5.74, 6) is 0.373. The topological polar surface area (TPSA) is 46.2 Å². The fraction of sp³-hybridized carbons (Fsp3) is 0.600. The largest absolute Gasteiger partial charge is 0.507 e. The second-order valence-electron chi connectivity index (χ2n) is 13.7. The van der Waals surface area contributed by atoms with Gasteiger partial charge in [0.25, 0.3) is 0 Å².